The lowest BCUT2D eigenvalue weighted by molar-refractivity contribution is -0.141. The average molecular weight is 444 g/mol. The molecule has 0 bridgehead atoms. The minimum Gasteiger partial charge on any atom is -0.464 e. The quantitative estimate of drug-likeness (QED) is 0.516. The van der Waals surface area contributed by atoms with Crippen LogP contribution in [-0.4, -0.2) is 56.0 Å². The number of aromatic nitrogens is 3. The highest BCUT2D eigenvalue weighted by molar-refractivity contribution is 6.03. The Morgan fingerprint density at radius 3 is 2.69 bits per heavy atom. The molecule has 0 spiro atoms. The molecule has 0 aliphatic carbocycles. The molecule has 3 aromatic heterocycles. The lowest BCUT2D eigenvalue weighted by Crippen LogP contribution is -2.40. The third-order valence-corrected chi connectivity index (χ3v) is 5.67. The SMILES string of the molecule is O=C(c1cc2c(cn1)c(-c1coc3ccccc13)nn2CC(F)(F)F)N1CCC(O)CC1. The molecule has 7 nitrogen and oxygen atoms in total. The summed E-state index contributed by atoms with van der Waals surface area (Å²) in [6.07, 6.45) is -1.18. The van der Waals surface area contributed by atoms with E-state index < -0.39 is 18.8 Å². The zero-order valence-electron chi connectivity index (χ0n) is 16.8. The van der Waals surface area contributed by atoms with E-state index in [1.807, 2.05) is 0 Å². The summed E-state index contributed by atoms with van der Waals surface area (Å²) in [5, 5.41) is 15.0. The van der Waals surface area contributed by atoms with E-state index in [0.717, 1.165) is 10.1 Å². The Hall–Kier alpha value is -3.40. The van der Waals surface area contributed by atoms with Gasteiger partial charge >= 0.3 is 6.18 Å². The van der Waals surface area contributed by atoms with Crippen LogP contribution in [0, 0.1) is 0 Å². The average Bonchev–Trinajstić information content (AvgIpc) is 3.34. The molecule has 0 saturated carbocycles. The van der Waals surface area contributed by atoms with Crippen molar-refractivity contribution in [2.24, 2.45) is 0 Å². The molecular formula is C22H19F3N4O3. The number of para-hydroxylation sites is 1. The first-order chi connectivity index (χ1) is 15.3. The fourth-order valence-electron chi connectivity index (χ4n) is 4.07. The maximum atomic E-state index is 13.3. The zero-order valence-corrected chi connectivity index (χ0v) is 16.8. The summed E-state index contributed by atoms with van der Waals surface area (Å²) in [5.41, 5.74) is 1.66. The Bertz CT molecular complexity index is 1300. The standard InChI is InChI=1S/C22H19F3N4O3/c23-22(24,25)12-29-18-9-17(21(31)28-7-5-13(30)6-8-28)26-10-15(18)20(27-29)16-11-32-19-4-2-1-3-14(16)19/h1-4,9-11,13,30H,5-8,12H2. The molecule has 4 aromatic rings. The number of aliphatic hydroxyl groups is 1. The number of fused-ring (bicyclic) bond motifs is 2. The van der Waals surface area contributed by atoms with Crippen LogP contribution in [0.4, 0.5) is 13.2 Å². The molecule has 1 aliphatic heterocycles. The van der Waals surface area contributed by atoms with Crippen molar-refractivity contribution in [3.8, 4) is 11.3 Å². The van der Waals surface area contributed by atoms with Crippen LogP contribution in [0.3, 0.4) is 0 Å². The van der Waals surface area contributed by atoms with Crippen molar-refractivity contribution < 1.29 is 27.5 Å². The molecule has 166 valence electrons. The monoisotopic (exact) mass is 444 g/mol. The van der Waals surface area contributed by atoms with Gasteiger partial charge in [0.25, 0.3) is 5.91 Å². The van der Waals surface area contributed by atoms with Gasteiger partial charge in [0.1, 0.15) is 29.8 Å². The molecule has 1 N–H and O–H groups in total. The van der Waals surface area contributed by atoms with Gasteiger partial charge in [-0.25, -0.2) is 0 Å². The van der Waals surface area contributed by atoms with E-state index >= 15 is 0 Å². The van der Waals surface area contributed by atoms with Crippen molar-refractivity contribution in [1.29, 1.82) is 0 Å². The fraction of sp³-hybridized carbons (Fsp3) is 0.318. The number of piperidine rings is 1. The number of amides is 1. The van der Waals surface area contributed by atoms with Gasteiger partial charge in [0.15, 0.2) is 0 Å². The maximum Gasteiger partial charge on any atom is 0.408 e. The van der Waals surface area contributed by atoms with Crippen LogP contribution in [0.5, 0.6) is 0 Å². The molecule has 1 amide bonds. The van der Waals surface area contributed by atoms with Crippen LogP contribution in [-0.2, 0) is 6.54 Å². The summed E-state index contributed by atoms with van der Waals surface area (Å²) in [5.74, 6) is -0.381. The normalized spacial score (nSPS) is 15.7. The van der Waals surface area contributed by atoms with Crippen molar-refractivity contribution >= 4 is 27.8 Å². The van der Waals surface area contributed by atoms with E-state index in [2.05, 4.69) is 10.1 Å². The van der Waals surface area contributed by atoms with Gasteiger partial charge in [-0.2, -0.15) is 18.3 Å². The Balaban J connectivity index is 1.61. The van der Waals surface area contributed by atoms with Crippen LogP contribution < -0.4 is 0 Å². The number of nitrogens with zero attached hydrogens (tertiary/aromatic N) is 4. The molecule has 0 atom stereocenters. The van der Waals surface area contributed by atoms with E-state index in [-0.39, 0.29) is 17.1 Å². The second kappa shape index (κ2) is 7.63. The molecule has 1 aliphatic rings. The second-order valence-corrected chi connectivity index (χ2v) is 7.88. The summed E-state index contributed by atoms with van der Waals surface area (Å²) < 4.78 is 46.2. The van der Waals surface area contributed by atoms with E-state index in [1.165, 1.54) is 18.5 Å². The first kappa shape index (κ1) is 20.5. The van der Waals surface area contributed by atoms with Crippen LogP contribution >= 0.6 is 0 Å². The number of pyridine rings is 1. The number of rotatable bonds is 3. The number of furan rings is 1. The third kappa shape index (κ3) is 3.70. The molecule has 0 radical (unpaired) electrons. The van der Waals surface area contributed by atoms with Crippen molar-refractivity contribution in [3.05, 3.63) is 48.5 Å². The van der Waals surface area contributed by atoms with Gasteiger partial charge in [0.2, 0.25) is 0 Å². The van der Waals surface area contributed by atoms with E-state index in [4.69, 9.17) is 4.42 Å². The van der Waals surface area contributed by atoms with Crippen LogP contribution in [0.2, 0.25) is 0 Å². The number of hydrogen-bond donors (Lipinski definition) is 1. The van der Waals surface area contributed by atoms with Crippen LogP contribution in [0.15, 0.2) is 47.2 Å². The summed E-state index contributed by atoms with van der Waals surface area (Å²) in [6, 6.07) is 8.53. The number of carbonyl (C=O) groups excluding carboxylic acids is 1. The highest BCUT2D eigenvalue weighted by Crippen LogP contribution is 2.35. The molecule has 0 unspecified atom stereocenters. The topological polar surface area (TPSA) is 84.4 Å². The molecule has 32 heavy (non-hydrogen) atoms. The smallest absolute Gasteiger partial charge is 0.408 e. The van der Waals surface area contributed by atoms with Crippen molar-refractivity contribution in [2.75, 3.05) is 13.1 Å². The summed E-state index contributed by atoms with van der Waals surface area (Å²) in [6.45, 7) is -0.561. The molecule has 4 heterocycles. The highest BCUT2D eigenvalue weighted by atomic mass is 19.4. The maximum absolute atomic E-state index is 13.3. The first-order valence-electron chi connectivity index (χ1n) is 10.2. The first-order valence-corrected chi connectivity index (χ1v) is 10.2. The Labute approximate surface area is 180 Å². The van der Waals surface area contributed by atoms with Crippen molar-refractivity contribution in [2.45, 2.75) is 31.7 Å². The predicted molar refractivity (Wildman–Crippen MR) is 110 cm³/mol. The molecule has 10 heteroatoms. The van der Waals surface area contributed by atoms with Gasteiger partial charge in [0, 0.05) is 35.6 Å². The number of hydrogen-bond acceptors (Lipinski definition) is 5. The third-order valence-electron chi connectivity index (χ3n) is 5.67. The lowest BCUT2D eigenvalue weighted by atomic mass is 10.1. The van der Waals surface area contributed by atoms with E-state index in [9.17, 15) is 23.1 Å². The molecule has 1 fully saturated rings. The molecule has 1 saturated heterocycles. The lowest BCUT2D eigenvalue weighted by Gasteiger charge is -2.29. The van der Waals surface area contributed by atoms with Gasteiger partial charge in [-0.05, 0) is 25.0 Å². The van der Waals surface area contributed by atoms with Gasteiger partial charge in [-0.15, -0.1) is 0 Å². The number of likely N-dealkylation sites (tertiary alicyclic amines) is 1. The Kier molecular flexibility index (Phi) is 4.89. The summed E-state index contributed by atoms with van der Waals surface area (Å²) >= 11 is 0. The van der Waals surface area contributed by atoms with E-state index in [0.29, 0.717) is 48.2 Å². The number of alkyl halides is 3. The van der Waals surface area contributed by atoms with Crippen molar-refractivity contribution in [3.63, 3.8) is 0 Å². The number of carbonyl (C=O) groups is 1. The van der Waals surface area contributed by atoms with Crippen molar-refractivity contribution in [1.82, 2.24) is 19.7 Å². The minimum absolute atomic E-state index is 0.0424. The Morgan fingerprint density at radius 1 is 1.19 bits per heavy atom. The fourth-order valence-corrected chi connectivity index (χ4v) is 4.07. The minimum atomic E-state index is -4.49. The molecule has 5 rings (SSSR count). The number of benzene rings is 1. The van der Waals surface area contributed by atoms with Gasteiger partial charge in [-0.3, -0.25) is 14.5 Å². The molecular weight excluding hydrogens is 425 g/mol. The van der Waals surface area contributed by atoms with Crippen LogP contribution in [0.25, 0.3) is 33.1 Å². The summed E-state index contributed by atoms with van der Waals surface area (Å²) in [4.78, 5) is 18.7. The zero-order chi connectivity index (χ0) is 22.5. The Morgan fingerprint density at radius 2 is 1.94 bits per heavy atom. The predicted octanol–water partition coefficient (Wildman–Crippen LogP) is 4.00. The second-order valence-electron chi connectivity index (χ2n) is 7.88. The van der Waals surface area contributed by atoms with Gasteiger partial charge in [-0.1, -0.05) is 18.2 Å². The largest absolute Gasteiger partial charge is 0.464 e. The van der Waals surface area contributed by atoms with Crippen LogP contribution in [0.1, 0.15) is 23.3 Å². The number of halogens is 3. The molecule has 1 aromatic carbocycles. The van der Waals surface area contributed by atoms with Gasteiger partial charge < -0.3 is 14.4 Å². The van der Waals surface area contributed by atoms with Gasteiger partial charge in [0.05, 0.1) is 11.6 Å². The summed E-state index contributed by atoms with van der Waals surface area (Å²) in [7, 11) is 0. The highest BCUT2D eigenvalue weighted by Gasteiger charge is 2.31. The van der Waals surface area contributed by atoms with E-state index in [1.54, 1.807) is 29.2 Å². The number of aliphatic hydroxyl groups excluding tert-OH is 1.